The minimum atomic E-state index is -0.376. The maximum absolute atomic E-state index is 13.1. The SMILES string of the molecule is COc1c(C(=O)NC(=S)Nc2ccc(-c3nc4ncccc4o3)cc2C)cc2ccccc2c1Br. The van der Waals surface area contributed by atoms with E-state index in [1.54, 1.807) is 18.3 Å². The fraction of sp³-hybridized carbons (Fsp3) is 0.0769. The first kappa shape index (κ1) is 22.9. The Bertz CT molecular complexity index is 1580. The van der Waals surface area contributed by atoms with E-state index in [1.165, 1.54) is 7.11 Å². The van der Waals surface area contributed by atoms with Crippen molar-refractivity contribution in [3.05, 3.63) is 82.5 Å². The van der Waals surface area contributed by atoms with Gasteiger partial charge in [-0.25, -0.2) is 4.98 Å². The van der Waals surface area contributed by atoms with Crippen LogP contribution in [0.1, 0.15) is 15.9 Å². The molecule has 0 unspecified atom stereocenters. The second-order valence-electron chi connectivity index (χ2n) is 7.77. The van der Waals surface area contributed by atoms with Crippen LogP contribution in [0.3, 0.4) is 0 Å². The summed E-state index contributed by atoms with van der Waals surface area (Å²) in [6, 6.07) is 18.8. The Morgan fingerprint density at radius 1 is 1.11 bits per heavy atom. The van der Waals surface area contributed by atoms with E-state index in [-0.39, 0.29) is 11.0 Å². The summed E-state index contributed by atoms with van der Waals surface area (Å²) in [6.07, 6.45) is 1.67. The Morgan fingerprint density at radius 2 is 1.94 bits per heavy atom. The zero-order chi connectivity index (χ0) is 24.5. The number of nitrogens with zero attached hydrogens (tertiary/aromatic N) is 2. The molecule has 0 saturated heterocycles. The van der Waals surface area contributed by atoms with Crippen LogP contribution >= 0.6 is 28.1 Å². The van der Waals surface area contributed by atoms with Crippen molar-refractivity contribution in [3.63, 3.8) is 0 Å². The van der Waals surface area contributed by atoms with E-state index < -0.39 is 0 Å². The Morgan fingerprint density at radius 3 is 2.71 bits per heavy atom. The lowest BCUT2D eigenvalue weighted by Gasteiger charge is -2.15. The van der Waals surface area contributed by atoms with E-state index >= 15 is 0 Å². The van der Waals surface area contributed by atoms with Gasteiger partial charge in [0.15, 0.2) is 16.3 Å². The van der Waals surface area contributed by atoms with Crippen LogP contribution in [0, 0.1) is 6.92 Å². The number of hydrogen-bond donors (Lipinski definition) is 2. The molecule has 7 nitrogen and oxygen atoms in total. The Labute approximate surface area is 214 Å². The van der Waals surface area contributed by atoms with E-state index in [0.717, 1.165) is 27.6 Å². The van der Waals surface area contributed by atoms with Crippen molar-refractivity contribution in [2.75, 3.05) is 12.4 Å². The standard InChI is InChI=1S/C26H19BrN4O3S/c1-14-12-16(25-30-23-20(34-25)8-5-11-28-23)9-10-19(14)29-26(35)31-24(32)18-13-15-6-3-4-7-17(15)21(27)22(18)33-2/h3-13H,1-2H3,(H2,29,31,32,35). The molecule has 0 aliphatic rings. The molecule has 174 valence electrons. The highest BCUT2D eigenvalue weighted by Crippen LogP contribution is 2.36. The van der Waals surface area contributed by atoms with Crippen molar-refractivity contribution in [1.82, 2.24) is 15.3 Å². The number of amides is 1. The number of anilines is 1. The van der Waals surface area contributed by atoms with Crippen LogP contribution in [0.5, 0.6) is 5.75 Å². The number of fused-ring (bicyclic) bond motifs is 2. The number of methoxy groups -OCH3 is 1. The quantitative estimate of drug-likeness (QED) is 0.257. The predicted octanol–water partition coefficient (Wildman–Crippen LogP) is 6.25. The first-order valence-corrected chi connectivity index (χ1v) is 11.8. The number of benzene rings is 3. The molecule has 3 aromatic carbocycles. The molecule has 1 amide bonds. The molecule has 0 spiro atoms. The third kappa shape index (κ3) is 4.48. The van der Waals surface area contributed by atoms with Crippen molar-refractivity contribution >= 4 is 66.9 Å². The molecule has 2 heterocycles. The van der Waals surface area contributed by atoms with Gasteiger partial charge in [-0.15, -0.1) is 0 Å². The highest BCUT2D eigenvalue weighted by Gasteiger charge is 2.19. The minimum absolute atomic E-state index is 0.170. The van der Waals surface area contributed by atoms with E-state index in [9.17, 15) is 4.79 Å². The van der Waals surface area contributed by atoms with Crippen LogP contribution in [-0.2, 0) is 0 Å². The average molecular weight is 547 g/mol. The lowest BCUT2D eigenvalue weighted by atomic mass is 10.1. The second kappa shape index (κ2) is 9.44. The van der Waals surface area contributed by atoms with Crippen molar-refractivity contribution < 1.29 is 13.9 Å². The number of thiocarbonyl (C=S) groups is 1. The van der Waals surface area contributed by atoms with E-state index in [4.69, 9.17) is 21.4 Å². The molecule has 0 saturated carbocycles. The van der Waals surface area contributed by atoms with Crippen molar-refractivity contribution in [2.24, 2.45) is 0 Å². The summed E-state index contributed by atoms with van der Waals surface area (Å²) in [6.45, 7) is 1.93. The Balaban J connectivity index is 1.34. The van der Waals surface area contributed by atoms with Gasteiger partial charge < -0.3 is 14.5 Å². The van der Waals surface area contributed by atoms with Crippen LogP contribution in [-0.4, -0.2) is 28.1 Å². The van der Waals surface area contributed by atoms with Gasteiger partial charge in [0.1, 0.15) is 5.75 Å². The average Bonchev–Trinajstić information content (AvgIpc) is 3.29. The molecule has 2 N–H and O–H groups in total. The molecule has 0 fully saturated rings. The van der Waals surface area contributed by atoms with Gasteiger partial charge in [-0.05, 0) is 87.8 Å². The number of carbonyl (C=O) groups excluding carboxylic acids is 1. The van der Waals surface area contributed by atoms with Gasteiger partial charge in [0.25, 0.3) is 5.91 Å². The zero-order valence-electron chi connectivity index (χ0n) is 18.8. The molecule has 5 rings (SSSR count). The van der Waals surface area contributed by atoms with Crippen LogP contribution in [0.25, 0.3) is 33.5 Å². The molecule has 0 atom stereocenters. The topological polar surface area (TPSA) is 89.3 Å². The number of aryl methyl sites for hydroxylation is 1. The monoisotopic (exact) mass is 546 g/mol. The molecular weight excluding hydrogens is 528 g/mol. The molecule has 0 aliphatic carbocycles. The molecule has 5 aromatic rings. The summed E-state index contributed by atoms with van der Waals surface area (Å²) in [4.78, 5) is 21.7. The number of aromatic nitrogens is 2. The zero-order valence-corrected chi connectivity index (χ0v) is 21.2. The van der Waals surface area contributed by atoms with Crippen LogP contribution in [0.2, 0.25) is 0 Å². The molecule has 9 heteroatoms. The number of oxazole rings is 1. The van der Waals surface area contributed by atoms with Crippen LogP contribution < -0.4 is 15.4 Å². The van der Waals surface area contributed by atoms with Crippen LogP contribution in [0.15, 0.2) is 75.8 Å². The van der Waals surface area contributed by atoms with Gasteiger partial charge in [0.2, 0.25) is 5.89 Å². The minimum Gasteiger partial charge on any atom is -0.495 e. The fourth-order valence-electron chi connectivity index (χ4n) is 3.81. The second-order valence-corrected chi connectivity index (χ2v) is 8.98. The Hall–Kier alpha value is -3.82. The van der Waals surface area contributed by atoms with Crippen molar-refractivity contribution in [2.45, 2.75) is 6.92 Å². The number of hydrogen-bond acceptors (Lipinski definition) is 6. The summed E-state index contributed by atoms with van der Waals surface area (Å²) < 4.78 is 12.0. The molecule has 2 aromatic heterocycles. The van der Waals surface area contributed by atoms with Gasteiger partial charge in [0.05, 0.1) is 17.1 Å². The molecule has 0 aliphatic heterocycles. The Kier molecular flexibility index (Phi) is 6.19. The van der Waals surface area contributed by atoms with E-state index in [2.05, 4.69) is 36.5 Å². The molecule has 35 heavy (non-hydrogen) atoms. The molecular formula is C26H19BrN4O3S. The molecule has 0 radical (unpaired) electrons. The number of pyridine rings is 1. The van der Waals surface area contributed by atoms with Gasteiger partial charge in [0, 0.05) is 17.4 Å². The number of rotatable bonds is 4. The number of ether oxygens (including phenoxy) is 1. The van der Waals surface area contributed by atoms with Crippen molar-refractivity contribution in [3.8, 4) is 17.2 Å². The maximum atomic E-state index is 13.1. The highest BCUT2D eigenvalue weighted by atomic mass is 79.9. The summed E-state index contributed by atoms with van der Waals surface area (Å²) in [5.41, 5.74) is 4.02. The lowest BCUT2D eigenvalue weighted by molar-refractivity contribution is 0.0975. The first-order chi connectivity index (χ1) is 16.9. The van der Waals surface area contributed by atoms with Gasteiger partial charge in [-0.2, -0.15) is 4.98 Å². The summed E-state index contributed by atoms with van der Waals surface area (Å²) in [5.74, 6) is 0.551. The smallest absolute Gasteiger partial charge is 0.261 e. The van der Waals surface area contributed by atoms with E-state index in [1.807, 2.05) is 55.5 Å². The first-order valence-electron chi connectivity index (χ1n) is 10.6. The fourth-order valence-corrected chi connectivity index (χ4v) is 4.75. The van der Waals surface area contributed by atoms with Gasteiger partial charge in [-0.1, -0.05) is 24.3 Å². The third-order valence-electron chi connectivity index (χ3n) is 5.50. The van der Waals surface area contributed by atoms with Gasteiger partial charge in [-0.3, -0.25) is 10.1 Å². The highest BCUT2D eigenvalue weighted by molar-refractivity contribution is 9.10. The number of carbonyl (C=O) groups is 1. The predicted molar refractivity (Wildman–Crippen MR) is 144 cm³/mol. The third-order valence-corrected chi connectivity index (χ3v) is 6.49. The van der Waals surface area contributed by atoms with E-state index in [0.29, 0.717) is 32.9 Å². The van der Waals surface area contributed by atoms with Crippen LogP contribution in [0.4, 0.5) is 5.69 Å². The normalized spacial score (nSPS) is 10.9. The summed E-state index contributed by atoms with van der Waals surface area (Å²) in [7, 11) is 1.53. The molecule has 0 bridgehead atoms. The number of nitrogens with one attached hydrogen (secondary N) is 2. The largest absolute Gasteiger partial charge is 0.495 e. The summed E-state index contributed by atoms with van der Waals surface area (Å²) >= 11 is 8.97. The maximum Gasteiger partial charge on any atom is 0.261 e. The summed E-state index contributed by atoms with van der Waals surface area (Å²) in [5, 5.41) is 7.86. The van der Waals surface area contributed by atoms with Gasteiger partial charge >= 0.3 is 0 Å². The number of halogens is 1. The van der Waals surface area contributed by atoms with Crippen molar-refractivity contribution in [1.29, 1.82) is 0 Å². The lowest BCUT2D eigenvalue weighted by Crippen LogP contribution is -2.34.